The second-order valence-electron chi connectivity index (χ2n) is 10.3. The Morgan fingerprint density at radius 1 is 0.973 bits per heavy atom. The van der Waals surface area contributed by atoms with Crippen molar-refractivity contribution in [2.24, 2.45) is 0 Å². The van der Waals surface area contributed by atoms with Gasteiger partial charge in [-0.2, -0.15) is 0 Å². The van der Waals surface area contributed by atoms with Crippen LogP contribution >= 0.6 is 0 Å². The van der Waals surface area contributed by atoms with Crippen LogP contribution in [0.1, 0.15) is 51.4 Å². The molecular weight excluding hydrogens is 470 g/mol. The second-order valence-corrected chi connectivity index (χ2v) is 10.3. The Labute approximate surface area is 218 Å². The highest BCUT2D eigenvalue weighted by atomic mass is 16.6. The molecule has 8 nitrogen and oxygen atoms in total. The molecule has 3 aromatic rings. The first-order chi connectivity index (χ1) is 17.5. The summed E-state index contributed by atoms with van der Waals surface area (Å²) in [7, 11) is 0. The van der Waals surface area contributed by atoms with Gasteiger partial charge in [0.1, 0.15) is 11.6 Å². The lowest BCUT2D eigenvalue weighted by atomic mass is 10.0. The molecule has 1 heterocycles. The smallest absolute Gasteiger partial charge is 0.408 e. The minimum absolute atomic E-state index is 0.118. The van der Waals surface area contributed by atoms with E-state index < -0.39 is 17.7 Å². The maximum absolute atomic E-state index is 13.2. The summed E-state index contributed by atoms with van der Waals surface area (Å²) in [5.41, 5.74) is 2.89. The van der Waals surface area contributed by atoms with Crippen LogP contribution in [0.4, 0.5) is 4.79 Å². The number of para-hydroxylation sites is 1. The van der Waals surface area contributed by atoms with Crippen LogP contribution in [-0.4, -0.2) is 47.2 Å². The zero-order valence-corrected chi connectivity index (χ0v) is 22.2. The van der Waals surface area contributed by atoms with E-state index in [2.05, 4.69) is 15.6 Å². The van der Waals surface area contributed by atoms with Crippen molar-refractivity contribution in [3.63, 3.8) is 0 Å². The molecule has 1 aromatic heterocycles. The Morgan fingerprint density at radius 2 is 1.65 bits per heavy atom. The van der Waals surface area contributed by atoms with Crippen molar-refractivity contribution in [2.45, 2.75) is 71.6 Å². The summed E-state index contributed by atoms with van der Waals surface area (Å²) in [6.07, 6.45) is 0.104. The number of carbonyl (C=O) groups is 3. The SMILES string of the molecule is CC(C)OC(=O)Cc1[nH]c2ccccc2c1CCNC(=O)C(Cc1ccccc1)NC(=O)OC(C)(C)C. The fourth-order valence-electron chi connectivity index (χ4n) is 4.08. The predicted molar refractivity (Wildman–Crippen MR) is 143 cm³/mol. The molecule has 0 fully saturated rings. The normalized spacial score (nSPS) is 12.3. The number of amides is 2. The maximum Gasteiger partial charge on any atom is 0.408 e. The molecule has 2 amide bonds. The van der Waals surface area contributed by atoms with E-state index in [1.54, 1.807) is 20.8 Å². The molecule has 0 radical (unpaired) electrons. The fraction of sp³-hybridized carbons (Fsp3) is 0.414. The van der Waals surface area contributed by atoms with Crippen LogP contribution in [0.25, 0.3) is 10.9 Å². The number of carbonyl (C=O) groups excluding carboxylic acids is 3. The first-order valence-corrected chi connectivity index (χ1v) is 12.6. The van der Waals surface area contributed by atoms with Crippen LogP contribution in [-0.2, 0) is 38.3 Å². The van der Waals surface area contributed by atoms with Crippen molar-refractivity contribution in [2.75, 3.05) is 6.54 Å². The van der Waals surface area contributed by atoms with E-state index in [-0.39, 0.29) is 24.4 Å². The number of hydrogen-bond acceptors (Lipinski definition) is 5. The Balaban J connectivity index is 1.71. The van der Waals surface area contributed by atoms with Gasteiger partial charge in [-0.05, 0) is 58.2 Å². The van der Waals surface area contributed by atoms with Crippen molar-refractivity contribution < 1.29 is 23.9 Å². The topological polar surface area (TPSA) is 110 Å². The largest absolute Gasteiger partial charge is 0.463 e. The number of aromatic nitrogens is 1. The second kappa shape index (κ2) is 12.4. The van der Waals surface area contributed by atoms with Gasteiger partial charge in [0.2, 0.25) is 5.91 Å². The molecule has 1 atom stereocenters. The van der Waals surface area contributed by atoms with Gasteiger partial charge in [-0.25, -0.2) is 4.79 Å². The molecule has 0 saturated heterocycles. The third-order valence-corrected chi connectivity index (χ3v) is 5.55. The summed E-state index contributed by atoms with van der Waals surface area (Å²) < 4.78 is 10.7. The average molecular weight is 508 g/mol. The molecule has 0 aliphatic rings. The van der Waals surface area contributed by atoms with Gasteiger partial charge in [-0.15, -0.1) is 0 Å². The van der Waals surface area contributed by atoms with Gasteiger partial charge in [0.15, 0.2) is 0 Å². The van der Waals surface area contributed by atoms with Crippen LogP contribution < -0.4 is 10.6 Å². The van der Waals surface area contributed by atoms with Crippen LogP contribution in [0, 0.1) is 0 Å². The molecule has 8 heteroatoms. The van der Waals surface area contributed by atoms with E-state index >= 15 is 0 Å². The van der Waals surface area contributed by atoms with Crippen molar-refractivity contribution in [1.82, 2.24) is 15.6 Å². The molecule has 2 aromatic carbocycles. The monoisotopic (exact) mass is 507 g/mol. The van der Waals surface area contributed by atoms with Gasteiger partial charge >= 0.3 is 12.1 Å². The Bertz CT molecular complexity index is 1210. The fourth-order valence-corrected chi connectivity index (χ4v) is 4.08. The zero-order chi connectivity index (χ0) is 27.0. The highest BCUT2D eigenvalue weighted by Gasteiger charge is 2.25. The third-order valence-electron chi connectivity index (χ3n) is 5.55. The van der Waals surface area contributed by atoms with Crippen molar-refractivity contribution in [1.29, 1.82) is 0 Å². The summed E-state index contributed by atoms with van der Waals surface area (Å²) in [5.74, 6) is -0.619. The first kappa shape index (κ1) is 27.8. The van der Waals surface area contributed by atoms with Crippen LogP contribution in [0.2, 0.25) is 0 Å². The van der Waals surface area contributed by atoms with E-state index in [1.165, 1.54) is 0 Å². The molecule has 0 bridgehead atoms. The van der Waals surface area contributed by atoms with E-state index in [9.17, 15) is 14.4 Å². The van der Waals surface area contributed by atoms with Crippen molar-refractivity contribution in [3.05, 3.63) is 71.4 Å². The van der Waals surface area contributed by atoms with Gasteiger partial charge in [0, 0.05) is 29.6 Å². The molecule has 0 aliphatic carbocycles. The van der Waals surface area contributed by atoms with Gasteiger partial charge in [-0.3, -0.25) is 9.59 Å². The number of ether oxygens (including phenoxy) is 2. The number of nitrogens with one attached hydrogen (secondary N) is 3. The van der Waals surface area contributed by atoms with E-state index in [0.717, 1.165) is 27.7 Å². The van der Waals surface area contributed by atoms with E-state index in [4.69, 9.17) is 9.47 Å². The van der Waals surface area contributed by atoms with E-state index in [0.29, 0.717) is 19.4 Å². The standard InChI is InChI=1S/C29H37N3O5/c1-19(2)36-26(33)18-24-22(21-13-9-10-14-23(21)31-24)15-16-30-27(34)25(17-20-11-7-6-8-12-20)32-28(35)37-29(3,4)5/h6-14,19,25,31H,15-18H2,1-5H3,(H,30,34)(H,32,35). The van der Waals surface area contributed by atoms with Crippen molar-refractivity contribution in [3.8, 4) is 0 Å². The molecule has 0 spiro atoms. The Morgan fingerprint density at radius 3 is 2.32 bits per heavy atom. The number of fused-ring (bicyclic) bond motifs is 1. The number of rotatable bonds is 10. The lowest BCUT2D eigenvalue weighted by molar-refractivity contribution is -0.146. The van der Waals surface area contributed by atoms with Crippen LogP contribution in [0.15, 0.2) is 54.6 Å². The van der Waals surface area contributed by atoms with Gasteiger partial charge in [-0.1, -0.05) is 48.5 Å². The summed E-state index contributed by atoms with van der Waals surface area (Å²) >= 11 is 0. The number of benzene rings is 2. The summed E-state index contributed by atoms with van der Waals surface area (Å²) in [5, 5.41) is 6.65. The lowest BCUT2D eigenvalue weighted by Crippen LogP contribution is -2.49. The highest BCUT2D eigenvalue weighted by Crippen LogP contribution is 2.23. The van der Waals surface area contributed by atoms with E-state index in [1.807, 2.05) is 68.4 Å². The van der Waals surface area contributed by atoms with Gasteiger partial charge < -0.3 is 25.1 Å². The number of alkyl carbamates (subject to hydrolysis) is 1. The van der Waals surface area contributed by atoms with Crippen LogP contribution in [0.3, 0.4) is 0 Å². The Kier molecular flexibility index (Phi) is 9.33. The summed E-state index contributed by atoms with van der Waals surface area (Å²) in [6.45, 7) is 9.28. The number of aromatic amines is 1. The van der Waals surface area contributed by atoms with Gasteiger partial charge in [0.25, 0.3) is 0 Å². The minimum Gasteiger partial charge on any atom is -0.463 e. The molecule has 0 aliphatic heterocycles. The highest BCUT2D eigenvalue weighted by molar-refractivity contribution is 5.88. The lowest BCUT2D eigenvalue weighted by Gasteiger charge is -2.23. The molecular formula is C29H37N3O5. The van der Waals surface area contributed by atoms with Crippen LogP contribution in [0.5, 0.6) is 0 Å². The first-order valence-electron chi connectivity index (χ1n) is 12.6. The average Bonchev–Trinajstić information content (AvgIpc) is 3.14. The molecule has 0 saturated carbocycles. The number of H-pyrrole nitrogens is 1. The van der Waals surface area contributed by atoms with Gasteiger partial charge in [0.05, 0.1) is 12.5 Å². The molecule has 1 unspecified atom stereocenters. The quantitative estimate of drug-likeness (QED) is 0.351. The predicted octanol–water partition coefficient (Wildman–Crippen LogP) is 4.46. The molecule has 3 rings (SSSR count). The third kappa shape index (κ3) is 8.66. The maximum atomic E-state index is 13.2. The number of esters is 1. The molecule has 3 N–H and O–H groups in total. The summed E-state index contributed by atoms with van der Waals surface area (Å²) in [4.78, 5) is 41.3. The molecule has 198 valence electrons. The Hall–Kier alpha value is -3.81. The zero-order valence-electron chi connectivity index (χ0n) is 22.2. The van der Waals surface area contributed by atoms with Crippen molar-refractivity contribution >= 4 is 28.9 Å². The number of hydrogen-bond donors (Lipinski definition) is 3. The minimum atomic E-state index is -0.805. The molecule has 37 heavy (non-hydrogen) atoms. The summed E-state index contributed by atoms with van der Waals surface area (Å²) in [6, 6.07) is 16.5.